The van der Waals surface area contributed by atoms with Gasteiger partial charge in [-0.15, -0.1) is 0 Å². The third-order valence-corrected chi connectivity index (χ3v) is 5.06. The molecule has 0 fully saturated rings. The zero-order valence-corrected chi connectivity index (χ0v) is 16.0. The van der Waals surface area contributed by atoms with Crippen molar-refractivity contribution in [2.24, 2.45) is 0 Å². The van der Waals surface area contributed by atoms with Crippen LogP contribution in [0.5, 0.6) is 0 Å². The number of rotatable bonds is 5. The number of carboxylic acids is 1. The van der Waals surface area contributed by atoms with E-state index in [1.54, 1.807) is 54.9 Å². The molecule has 2 N–H and O–H groups in total. The first-order valence-electron chi connectivity index (χ1n) is 9.45. The van der Waals surface area contributed by atoms with Crippen molar-refractivity contribution >= 4 is 23.5 Å². The van der Waals surface area contributed by atoms with E-state index in [0.29, 0.717) is 17.7 Å². The highest BCUT2D eigenvalue weighted by Gasteiger charge is 2.35. The molecular formula is C23H19N3O4. The number of hydrogen-bond donors (Lipinski definition) is 2. The van der Waals surface area contributed by atoms with Gasteiger partial charge in [-0.1, -0.05) is 30.3 Å². The first-order valence-corrected chi connectivity index (χ1v) is 9.45. The molecular weight excluding hydrogens is 382 g/mol. The quantitative estimate of drug-likeness (QED) is 0.685. The lowest BCUT2D eigenvalue weighted by molar-refractivity contribution is -0.120. The molecule has 150 valence electrons. The minimum absolute atomic E-state index is 0.163. The highest BCUT2D eigenvalue weighted by atomic mass is 16.4. The fourth-order valence-corrected chi connectivity index (χ4v) is 3.51. The molecule has 0 radical (unpaired) electrons. The molecule has 0 bridgehead atoms. The number of pyridine rings is 1. The largest absolute Gasteiger partial charge is 0.478 e. The van der Waals surface area contributed by atoms with E-state index in [2.05, 4.69) is 10.3 Å². The first-order chi connectivity index (χ1) is 14.5. The number of aromatic nitrogens is 1. The smallest absolute Gasteiger partial charge is 0.335 e. The summed E-state index contributed by atoms with van der Waals surface area (Å²) in [5.74, 6) is -1.56. The molecule has 2 amide bonds. The van der Waals surface area contributed by atoms with Gasteiger partial charge in [0.05, 0.1) is 16.8 Å². The van der Waals surface area contributed by atoms with Gasteiger partial charge in [-0.05, 0) is 41.5 Å². The second-order valence-electron chi connectivity index (χ2n) is 7.05. The van der Waals surface area contributed by atoms with Crippen molar-refractivity contribution in [2.45, 2.75) is 19.0 Å². The highest BCUT2D eigenvalue weighted by molar-refractivity contribution is 6.09. The van der Waals surface area contributed by atoms with Crippen LogP contribution in [0, 0.1) is 0 Å². The van der Waals surface area contributed by atoms with Crippen LogP contribution < -0.4 is 5.32 Å². The maximum atomic E-state index is 13.4. The topological polar surface area (TPSA) is 99.6 Å². The second-order valence-corrected chi connectivity index (χ2v) is 7.05. The van der Waals surface area contributed by atoms with E-state index < -0.39 is 12.0 Å². The third-order valence-electron chi connectivity index (χ3n) is 5.06. The Morgan fingerprint density at radius 1 is 1.00 bits per heavy atom. The molecule has 1 aliphatic heterocycles. The summed E-state index contributed by atoms with van der Waals surface area (Å²) in [4.78, 5) is 43.2. The summed E-state index contributed by atoms with van der Waals surface area (Å²) in [5.41, 5.74) is 2.63. The van der Waals surface area contributed by atoms with Crippen LogP contribution in [0.15, 0.2) is 73.1 Å². The van der Waals surface area contributed by atoms with Crippen LogP contribution in [-0.2, 0) is 17.8 Å². The number of nitrogens with zero attached hydrogens (tertiary/aromatic N) is 2. The summed E-state index contributed by atoms with van der Waals surface area (Å²) in [6.45, 7) is 0.172. The zero-order chi connectivity index (χ0) is 21.1. The molecule has 7 heteroatoms. The molecule has 1 atom stereocenters. The maximum absolute atomic E-state index is 13.4. The molecule has 0 aliphatic carbocycles. The van der Waals surface area contributed by atoms with Gasteiger partial charge >= 0.3 is 5.97 Å². The van der Waals surface area contributed by atoms with Crippen LogP contribution in [0.4, 0.5) is 5.69 Å². The van der Waals surface area contributed by atoms with E-state index in [9.17, 15) is 14.4 Å². The lowest BCUT2D eigenvalue weighted by atomic mass is 10.0. The SMILES string of the molecule is O=C(O)c1ccc(CN2C(=O)c3ccccc3NC(=O)[C@H]2Cc2cccnc2)cc1. The molecule has 0 saturated heterocycles. The first kappa shape index (κ1) is 19.3. The van der Waals surface area contributed by atoms with E-state index in [-0.39, 0.29) is 23.9 Å². The normalized spacial score (nSPS) is 15.9. The summed E-state index contributed by atoms with van der Waals surface area (Å²) in [6.07, 6.45) is 3.64. The number of benzene rings is 2. The summed E-state index contributed by atoms with van der Waals surface area (Å²) in [6, 6.07) is 16.1. The molecule has 30 heavy (non-hydrogen) atoms. The molecule has 0 unspecified atom stereocenters. The van der Waals surface area contributed by atoms with E-state index in [0.717, 1.165) is 11.1 Å². The van der Waals surface area contributed by atoms with Gasteiger partial charge in [-0.3, -0.25) is 14.6 Å². The highest BCUT2D eigenvalue weighted by Crippen LogP contribution is 2.26. The van der Waals surface area contributed by atoms with Crippen LogP contribution in [0.3, 0.4) is 0 Å². The summed E-state index contributed by atoms with van der Waals surface area (Å²) < 4.78 is 0. The van der Waals surface area contributed by atoms with Crippen LogP contribution >= 0.6 is 0 Å². The average molecular weight is 401 g/mol. The van der Waals surface area contributed by atoms with Gasteiger partial charge in [0.15, 0.2) is 0 Å². The van der Waals surface area contributed by atoms with Gasteiger partial charge in [-0.25, -0.2) is 4.79 Å². The molecule has 1 aliphatic rings. The third kappa shape index (κ3) is 3.91. The Bertz CT molecular complexity index is 1100. The number of para-hydroxylation sites is 1. The number of amides is 2. The van der Waals surface area contributed by atoms with Crippen molar-refractivity contribution in [2.75, 3.05) is 5.32 Å². The van der Waals surface area contributed by atoms with Crippen molar-refractivity contribution < 1.29 is 19.5 Å². The predicted molar refractivity (Wildman–Crippen MR) is 110 cm³/mol. The number of carbonyl (C=O) groups excluding carboxylic acids is 2. The Morgan fingerprint density at radius 3 is 2.47 bits per heavy atom. The number of carbonyl (C=O) groups is 3. The average Bonchev–Trinajstić information content (AvgIpc) is 2.85. The van der Waals surface area contributed by atoms with Crippen LogP contribution in [0.1, 0.15) is 31.8 Å². The van der Waals surface area contributed by atoms with Gasteiger partial charge in [-0.2, -0.15) is 0 Å². The lowest BCUT2D eigenvalue weighted by Gasteiger charge is -2.29. The summed E-state index contributed by atoms with van der Waals surface area (Å²) >= 11 is 0. The molecule has 7 nitrogen and oxygen atoms in total. The minimum atomic E-state index is -1.02. The fourth-order valence-electron chi connectivity index (χ4n) is 3.51. The van der Waals surface area contributed by atoms with Gasteiger partial charge in [0.2, 0.25) is 5.91 Å². The van der Waals surface area contributed by atoms with Crippen molar-refractivity contribution in [1.29, 1.82) is 0 Å². The van der Waals surface area contributed by atoms with Crippen molar-refractivity contribution in [3.63, 3.8) is 0 Å². The fraction of sp³-hybridized carbons (Fsp3) is 0.130. The van der Waals surface area contributed by atoms with Gasteiger partial charge in [0.25, 0.3) is 5.91 Å². The Kier molecular flexibility index (Phi) is 5.26. The maximum Gasteiger partial charge on any atom is 0.335 e. The molecule has 4 rings (SSSR count). The second kappa shape index (κ2) is 8.16. The number of anilines is 1. The van der Waals surface area contributed by atoms with E-state index >= 15 is 0 Å². The number of carboxylic acid groups (broad SMARTS) is 1. The van der Waals surface area contributed by atoms with Gasteiger partial charge < -0.3 is 15.3 Å². The number of aromatic carboxylic acids is 1. The number of fused-ring (bicyclic) bond motifs is 1. The predicted octanol–water partition coefficient (Wildman–Crippen LogP) is 2.99. The van der Waals surface area contributed by atoms with E-state index in [4.69, 9.17) is 5.11 Å². The minimum Gasteiger partial charge on any atom is -0.478 e. The standard InChI is InChI=1S/C23H19N3O4/c27-21-20(12-16-4-3-11-24-13-16)26(14-15-7-9-17(10-8-15)23(29)30)22(28)18-5-1-2-6-19(18)25-21/h1-11,13,20H,12,14H2,(H,25,27)(H,29,30)/t20-/m1/s1. The molecule has 2 aromatic carbocycles. The molecule has 1 aromatic heterocycles. The molecule has 2 heterocycles. The van der Waals surface area contributed by atoms with Gasteiger partial charge in [0, 0.05) is 25.4 Å². The van der Waals surface area contributed by atoms with E-state index in [1.165, 1.54) is 17.0 Å². The van der Waals surface area contributed by atoms with Crippen molar-refractivity contribution in [3.8, 4) is 0 Å². The van der Waals surface area contributed by atoms with Crippen LogP contribution in [0.2, 0.25) is 0 Å². The van der Waals surface area contributed by atoms with Crippen molar-refractivity contribution in [1.82, 2.24) is 9.88 Å². The number of nitrogens with one attached hydrogen (secondary N) is 1. The Balaban J connectivity index is 1.71. The molecule has 3 aromatic rings. The number of hydrogen-bond acceptors (Lipinski definition) is 4. The van der Waals surface area contributed by atoms with Crippen LogP contribution in [0.25, 0.3) is 0 Å². The summed E-state index contributed by atoms with van der Waals surface area (Å²) in [5, 5.41) is 12.0. The van der Waals surface area contributed by atoms with E-state index in [1.807, 2.05) is 6.07 Å². The Labute approximate surface area is 173 Å². The van der Waals surface area contributed by atoms with Crippen molar-refractivity contribution in [3.05, 3.63) is 95.3 Å². The Hall–Kier alpha value is -4.00. The summed E-state index contributed by atoms with van der Waals surface area (Å²) in [7, 11) is 0. The zero-order valence-electron chi connectivity index (χ0n) is 16.0. The molecule has 0 spiro atoms. The Morgan fingerprint density at radius 2 is 1.77 bits per heavy atom. The van der Waals surface area contributed by atoms with Crippen LogP contribution in [-0.4, -0.2) is 38.8 Å². The molecule has 0 saturated carbocycles. The monoisotopic (exact) mass is 401 g/mol. The van der Waals surface area contributed by atoms with Gasteiger partial charge in [0.1, 0.15) is 6.04 Å². The lowest BCUT2D eigenvalue weighted by Crippen LogP contribution is -2.46.